The number of pyridine rings is 1. The Labute approximate surface area is 180 Å². The molecular weight excluding hydrogens is 438 g/mol. The summed E-state index contributed by atoms with van der Waals surface area (Å²) in [6, 6.07) is 4.48. The lowest BCUT2D eigenvalue weighted by molar-refractivity contribution is -0.137. The van der Waals surface area contributed by atoms with Gasteiger partial charge >= 0.3 is 6.18 Å². The van der Waals surface area contributed by atoms with Crippen LogP contribution in [0.5, 0.6) is 5.75 Å². The first-order valence-electron chi connectivity index (χ1n) is 9.25. The maximum Gasteiger partial charge on any atom is 0.419 e. The molecular formula is C20H20ClF4N5O. The molecule has 0 bridgehead atoms. The van der Waals surface area contributed by atoms with E-state index < -0.39 is 23.4 Å². The summed E-state index contributed by atoms with van der Waals surface area (Å²) in [5.74, 6) is -1.07. The van der Waals surface area contributed by atoms with Crippen LogP contribution in [0, 0.1) is 12.7 Å². The number of nitrogens with two attached hydrogens (primary N) is 1. The molecule has 2 heterocycles. The number of alkyl halides is 3. The Bertz CT molecular complexity index is 1080. The first-order valence-corrected chi connectivity index (χ1v) is 9.62. The second-order valence-electron chi connectivity index (χ2n) is 7.08. The molecule has 11 heteroatoms. The van der Waals surface area contributed by atoms with Crippen molar-refractivity contribution in [3.8, 4) is 17.0 Å². The molecule has 0 amide bonds. The zero-order chi connectivity index (χ0) is 22.9. The standard InChI is InChI=1S/C20H20ClF4N5O/c1-9(2)31-16-7-12(15-5-4-13(19(26)28-15)20(23,24)25)14(22)6-11(16)8-27-17-10(3)29-30-18(17)21/h4-7,9,27H,8H2,1-3H3,(H2,26,28)(H,29,30). The van der Waals surface area contributed by atoms with Crippen molar-refractivity contribution in [1.82, 2.24) is 15.2 Å². The zero-order valence-corrected chi connectivity index (χ0v) is 17.6. The van der Waals surface area contributed by atoms with E-state index in [1.165, 1.54) is 12.1 Å². The topological polar surface area (TPSA) is 88.9 Å². The fourth-order valence-corrected chi connectivity index (χ4v) is 3.20. The summed E-state index contributed by atoms with van der Waals surface area (Å²) in [4.78, 5) is 3.75. The zero-order valence-electron chi connectivity index (χ0n) is 16.9. The van der Waals surface area contributed by atoms with Crippen LogP contribution in [0.25, 0.3) is 11.3 Å². The molecule has 0 fully saturated rings. The van der Waals surface area contributed by atoms with E-state index in [0.29, 0.717) is 27.8 Å². The van der Waals surface area contributed by atoms with Gasteiger partial charge in [-0.25, -0.2) is 9.37 Å². The van der Waals surface area contributed by atoms with E-state index in [1.807, 2.05) is 0 Å². The molecule has 0 atom stereocenters. The third-order valence-corrected chi connectivity index (χ3v) is 4.65. The third kappa shape index (κ3) is 5.01. The van der Waals surface area contributed by atoms with Crippen LogP contribution in [-0.4, -0.2) is 21.3 Å². The molecule has 0 unspecified atom stereocenters. The average Bonchev–Trinajstić information content (AvgIpc) is 2.98. The van der Waals surface area contributed by atoms with Gasteiger partial charge in [-0.1, -0.05) is 11.6 Å². The number of nitrogens with one attached hydrogen (secondary N) is 2. The van der Waals surface area contributed by atoms with E-state index in [-0.39, 0.29) is 23.9 Å². The number of anilines is 2. The van der Waals surface area contributed by atoms with Crippen molar-refractivity contribution in [2.24, 2.45) is 0 Å². The van der Waals surface area contributed by atoms with Gasteiger partial charge in [-0.05, 0) is 45.0 Å². The summed E-state index contributed by atoms with van der Waals surface area (Å²) in [7, 11) is 0. The molecule has 0 radical (unpaired) electrons. The molecule has 31 heavy (non-hydrogen) atoms. The van der Waals surface area contributed by atoms with Gasteiger partial charge in [0.05, 0.1) is 28.7 Å². The second kappa shape index (κ2) is 8.62. The number of nitrogens with zero attached hydrogens (tertiary/aromatic N) is 2. The third-order valence-electron chi connectivity index (χ3n) is 4.38. The second-order valence-corrected chi connectivity index (χ2v) is 7.46. The van der Waals surface area contributed by atoms with Gasteiger partial charge in [0.15, 0.2) is 0 Å². The Balaban J connectivity index is 1.99. The smallest absolute Gasteiger partial charge is 0.419 e. The van der Waals surface area contributed by atoms with Crippen LogP contribution in [0.2, 0.25) is 5.15 Å². The van der Waals surface area contributed by atoms with Crippen molar-refractivity contribution in [1.29, 1.82) is 0 Å². The molecule has 4 N–H and O–H groups in total. The minimum Gasteiger partial charge on any atom is -0.491 e. The fourth-order valence-electron chi connectivity index (χ4n) is 2.95. The average molecular weight is 458 g/mol. The molecule has 3 rings (SSSR count). The van der Waals surface area contributed by atoms with Gasteiger partial charge in [0.25, 0.3) is 0 Å². The summed E-state index contributed by atoms with van der Waals surface area (Å²) in [5, 5.41) is 10.00. The quantitative estimate of drug-likeness (QED) is 0.421. The number of aryl methyl sites for hydroxylation is 1. The monoisotopic (exact) mass is 457 g/mol. The Morgan fingerprint density at radius 1 is 1.26 bits per heavy atom. The molecule has 0 spiro atoms. The number of benzene rings is 1. The van der Waals surface area contributed by atoms with E-state index in [2.05, 4.69) is 20.5 Å². The van der Waals surface area contributed by atoms with Crippen LogP contribution in [-0.2, 0) is 12.7 Å². The highest BCUT2D eigenvalue weighted by Crippen LogP contribution is 2.36. The van der Waals surface area contributed by atoms with E-state index >= 15 is 0 Å². The van der Waals surface area contributed by atoms with Gasteiger partial charge < -0.3 is 15.8 Å². The molecule has 0 aliphatic carbocycles. The molecule has 6 nitrogen and oxygen atoms in total. The van der Waals surface area contributed by atoms with E-state index in [1.54, 1.807) is 20.8 Å². The van der Waals surface area contributed by atoms with Crippen molar-refractivity contribution in [2.45, 2.75) is 39.6 Å². The van der Waals surface area contributed by atoms with E-state index in [0.717, 1.165) is 12.1 Å². The molecule has 3 aromatic rings. The van der Waals surface area contributed by atoms with Crippen molar-refractivity contribution in [3.05, 3.63) is 52.1 Å². The lowest BCUT2D eigenvalue weighted by Gasteiger charge is -2.18. The molecule has 1 aromatic carbocycles. The minimum absolute atomic E-state index is 0.0302. The van der Waals surface area contributed by atoms with Crippen molar-refractivity contribution in [3.63, 3.8) is 0 Å². The van der Waals surface area contributed by atoms with Crippen LogP contribution >= 0.6 is 11.6 Å². The van der Waals surface area contributed by atoms with E-state index in [9.17, 15) is 17.6 Å². The SMILES string of the molecule is Cc1n[nH]c(Cl)c1NCc1cc(F)c(-c2ccc(C(F)(F)F)c(N)n2)cc1OC(C)C. The number of halogens is 5. The van der Waals surface area contributed by atoms with Crippen molar-refractivity contribution >= 4 is 23.1 Å². The highest BCUT2D eigenvalue weighted by atomic mass is 35.5. The molecule has 0 saturated heterocycles. The largest absolute Gasteiger partial charge is 0.491 e. The molecule has 0 saturated carbocycles. The number of aromatic nitrogens is 3. The first kappa shape index (κ1) is 22.7. The van der Waals surface area contributed by atoms with Gasteiger partial charge in [0.1, 0.15) is 22.5 Å². The summed E-state index contributed by atoms with van der Waals surface area (Å²) >= 11 is 6.05. The van der Waals surface area contributed by atoms with Crippen LogP contribution < -0.4 is 15.8 Å². The van der Waals surface area contributed by atoms with Crippen molar-refractivity contribution < 1.29 is 22.3 Å². The maximum absolute atomic E-state index is 14.9. The number of ether oxygens (including phenoxy) is 1. The highest BCUT2D eigenvalue weighted by molar-refractivity contribution is 6.32. The molecule has 2 aromatic heterocycles. The number of rotatable bonds is 6. The lowest BCUT2D eigenvalue weighted by Crippen LogP contribution is -2.12. The summed E-state index contributed by atoms with van der Waals surface area (Å²) < 4.78 is 59.5. The highest BCUT2D eigenvalue weighted by Gasteiger charge is 2.34. The van der Waals surface area contributed by atoms with Crippen LogP contribution in [0.4, 0.5) is 29.1 Å². The van der Waals surface area contributed by atoms with E-state index in [4.69, 9.17) is 22.1 Å². The predicted octanol–water partition coefficient (Wildman–Crippen LogP) is 5.57. The molecule has 0 aliphatic rings. The first-order chi connectivity index (χ1) is 14.5. The number of aromatic amines is 1. The summed E-state index contributed by atoms with van der Waals surface area (Å²) in [6.45, 7) is 5.51. The fraction of sp³-hybridized carbons (Fsp3) is 0.300. The maximum atomic E-state index is 14.9. The Hall–Kier alpha value is -3.01. The van der Waals surface area contributed by atoms with Crippen LogP contribution in [0.15, 0.2) is 24.3 Å². The summed E-state index contributed by atoms with van der Waals surface area (Å²) in [6.07, 6.45) is -4.89. The number of nitrogen functional groups attached to an aromatic ring is 1. The normalized spacial score (nSPS) is 11.8. The number of hydrogen-bond acceptors (Lipinski definition) is 5. The predicted molar refractivity (Wildman–Crippen MR) is 110 cm³/mol. The Morgan fingerprint density at radius 3 is 2.52 bits per heavy atom. The van der Waals surface area contributed by atoms with Crippen LogP contribution in [0.1, 0.15) is 30.7 Å². The van der Waals surface area contributed by atoms with Crippen LogP contribution in [0.3, 0.4) is 0 Å². The lowest BCUT2D eigenvalue weighted by atomic mass is 10.0. The Morgan fingerprint density at radius 2 is 1.97 bits per heavy atom. The molecule has 0 aliphatic heterocycles. The minimum atomic E-state index is -4.65. The Kier molecular flexibility index (Phi) is 6.30. The van der Waals surface area contributed by atoms with Gasteiger partial charge in [-0.15, -0.1) is 0 Å². The van der Waals surface area contributed by atoms with Gasteiger partial charge in [-0.2, -0.15) is 18.3 Å². The van der Waals surface area contributed by atoms with Gasteiger partial charge in [-0.3, -0.25) is 5.10 Å². The van der Waals surface area contributed by atoms with Gasteiger partial charge in [0.2, 0.25) is 0 Å². The summed E-state index contributed by atoms with van der Waals surface area (Å²) in [5.41, 5.74) is 5.99. The number of hydrogen-bond donors (Lipinski definition) is 3. The van der Waals surface area contributed by atoms with Gasteiger partial charge in [0, 0.05) is 17.7 Å². The number of H-pyrrole nitrogens is 1. The molecule has 166 valence electrons. The van der Waals surface area contributed by atoms with Crippen molar-refractivity contribution in [2.75, 3.05) is 11.1 Å².